The molecule has 2 N–H and O–H groups in total. The molecule has 0 saturated heterocycles. The van der Waals surface area contributed by atoms with Crippen molar-refractivity contribution in [3.05, 3.63) is 72.3 Å². The minimum absolute atomic E-state index is 0.304. The zero-order valence-electron chi connectivity index (χ0n) is 13.1. The number of anilines is 1. The number of thiophene rings is 1. The van der Waals surface area contributed by atoms with Crippen LogP contribution in [-0.4, -0.2) is 8.42 Å². The highest BCUT2D eigenvalue weighted by atomic mass is 32.2. The predicted molar refractivity (Wildman–Crippen MR) is 102 cm³/mol. The highest BCUT2D eigenvalue weighted by Crippen LogP contribution is 2.43. The van der Waals surface area contributed by atoms with Crippen LogP contribution in [0.5, 0.6) is 0 Å². The summed E-state index contributed by atoms with van der Waals surface area (Å²) in [6.45, 7) is 0. The maximum atomic E-state index is 12.8. The molecule has 4 aromatic rings. The van der Waals surface area contributed by atoms with E-state index in [2.05, 4.69) is 22.2 Å². The number of fused-ring (bicyclic) bond motifs is 5. The van der Waals surface area contributed by atoms with Crippen molar-refractivity contribution in [3.8, 4) is 0 Å². The third-order valence-electron chi connectivity index (χ3n) is 4.49. The number of rotatable bonds is 1. The van der Waals surface area contributed by atoms with E-state index in [-0.39, 0.29) is 0 Å². The molecule has 6 heteroatoms. The molecule has 0 fully saturated rings. The Balaban J connectivity index is 1.78. The van der Waals surface area contributed by atoms with Gasteiger partial charge in [-0.1, -0.05) is 54.6 Å². The Labute approximate surface area is 149 Å². The molecule has 25 heavy (non-hydrogen) atoms. The van der Waals surface area contributed by atoms with Crippen molar-refractivity contribution in [3.63, 3.8) is 0 Å². The summed E-state index contributed by atoms with van der Waals surface area (Å²) in [6.07, 6.45) is -0.477. The van der Waals surface area contributed by atoms with E-state index < -0.39 is 16.2 Å². The standard InChI is InChI=1S/C19H14N2O2S2/c22-25(23)16-11-10-14-13-8-4-5-9-15(13)24-18(14)17(16)20-19(21-25)12-6-2-1-3-7-12/h1-11,19-21H. The number of sulfonamides is 1. The average molecular weight is 366 g/mol. The highest BCUT2D eigenvalue weighted by Gasteiger charge is 2.31. The Morgan fingerprint density at radius 3 is 2.44 bits per heavy atom. The Morgan fingerprint density at radius 1 is 0.840 bits per heavy atom. The maximum absolute atomic E-state index is 12.8. The van der Waals surface area contributed by atoms with Gasteiger partial charge in [0, 0.05) is 15.5 Å². The van der Waals surface area contributed by atoms with E-state index in [0.717, 1.165) is 25.7 Å². The van der Waals surface area contributed by atoms with E-state index in [4.69, 9.17) is 0 Å². The molecule has 0 aliphatic carbocycles. The summed E-state index contributed by atoms with van der Waals surface area (Å²) in [5, 5.41) is 5.62. The summed E-state index contributed by atoms with van der Waals surface area (Å²) >= 11 is 1.62. The molecular formula is C19H14N2O2S2. The van der Waals surface area contributed by atoms with Crippen LogP contribution in [0.1, 0.15) is 11.7 Å². The van der Waals surface area contributed by atoms with Crippen LogP contribution in [0.4, 0.5) is 5.69 Å². The van der Waals surface area contributed by atoms with E-state index >= 15 is 0 Å². The third-order valence-corrected chi connectivity index (χ3v) is 7.16. The summed E-state index contributed by atoms with van der Waals surface area (Å²) in [4.78, 5) is 0.304. The molecule has 0 amide bonds. The second-order valence-corrected chi connectivity index (χ2v) is 8.76. The Bertz CT molecular complexity index is 1210. The van der Waals surface area contributed by atoms with Gasteiger partial charge in [-0.15, -0.1) is 11.3 Å². The lowest BCUT2D eigenvalue weighted by Gasteiger charge is -2.28. The lowest BCUT2D eigenvalue weighted by atomic mass is 10.1. The van der Waals surface area contributed by atoms with Gasteiger partial charge in [0.15, 0.2) is 0 Å². The molecule has 1 unspecified atom stereocenters. The molecule has 1 aromatic heterocycles. The molecule has 0 spiro atoms. The van der Waals surface area contributed by atoms with Crippen molar-refractivity contribution < 1.29 is 8.42 Å². The van der Waals surface area contributed by atoms with Gasteiger partial charge in [-0.25, -0.2) is 8.42 Å². The van der Waals surface area contributed by atoms with Crippen LogP contribution in [0.2, 0.25) is 0 Å². The summed E-state index contributed by atoms with van der Waals surface area (Å²) in [5.41, 5.74) is 1.57. The Morgan fingerprint density at radius 2 is 1.60 bits per heavy atom. The molecule has 1 aliphatic rings. The Hall–Kier alpha value is -2.41. The largest absolute Gasteiger partial charge is 0.363 e. The smallest absolute Gasteiger partial charge is 0.244 e. The fourth-order valence-corrected chi connectivity index (χ4v) is 5.91. The normalized spacial score (nSPS) is 18.8. The fraction of sp³-hybridized carbons (Fsp3) is 0.0526. The van der Waals surface area contributed by atoms with E-state index in [1.54, 1.807) is 17.4 Å². The average Bonchev–Trinajstić information content (AvgIpc) is 3.01. The second kappa shape index (κ2) is 5.29. The highest BCUT2D eigenvalue weighted by molar-refractivity contribution is 7.89. The molecular weight excluding hydrogens is 352 g/mol. The SMILES string of the molecule is O=S1(=O)NC(c2ccccc2)Nc2c1ccc1c2sc2ccccc21. The first-order valence-electron chi connectivity index (χ1n) is 7.91. The van der Waals surface area contributed by atoms with E-state index in [0.29, 0.717) is 10.6 Å². The molecule has 3 aromatic carbocycles. The summed E-state index contributed by atoms with van der Waals surface area (Å²) in [7, 11) is -3.57. The van der Waals surface area contributed by atoms with Crippen molar-refractivity contribution in [2.24, 2.45) is 0 Å². The minimum Gasteiger partial charge on any atom is -0.363 e. The monoisotopic (exact) mass is 366 g/mol. The summed E-state index contributed by atoms with van der Waals surface area (Å²) in [6, 6.07) is 21.3. The van der Waals surface area contributed by atoms with Crippen LogP contribution in [0.15, 0.2) is 71.6 Å². The second-order valence-electron chi connectivity index (χ2n) is 6.02. The van der Waals surface area contributed by atoms with Crippen LogP contribution in [0.3, 0.4) is 0 Å². The lowest BCUT2D eigenvalue weighted by Crippen LogP contribution is -2.38. The maximum Gasteiger partial charge on any atom is 0.244 e. The molecule has 1 atom stereocenters. The topological polar surface area (TPSA) is 58.2 Å². The van der Waals surface area contributed by atoms with Crippen molar-refractivity contribution in [1.82, 2.24) is 4.72 Å². The molecule has 1 aliphatic heterocycles. The zero-order chi connectivity index (χ0) is 17.0. The van der Waals surface area contributed by atoms with Gasteiger partial charge in [0.25, 0.3) is 0 Å². The van der Waals surface area contributed by atoms with E-state index in [1.165, 1.54) is 0 Å². The number of benzene rings is 3. The van der Waals surface area contributed by atoms with Crippen LogP contribution >= 0.6 is 11.3 Å². The van der Waals surface area contributed by atoms with Gasteiger partial charge in [0.05, 0.1) is 10.4 Å². The Kier molecular flexibility index (Phi) is 3.15. The van der Waals surface area contributed by atoms with Gasteiger partial charge in [0.2, 0.25) is 10.0 Å². The summed E-state index contributed by atoms with van der Waals surface area (Å²) < 4.78 is 30.4. The molecule has 4 nitrogen and oxygen atoms in total. The molecule has 124 valence electrons. The van der Waals surface area contributed by atoms with Crippen molar-refractivity contribution >= 4 is 47.2 Å². The molecule has 5 rings (SSSR count). The molecule has 0 saturated carbocycles. The molecule has 2 heterocycles. The van der Waals surface area contributed by atoms with Crippen LogP contribution < -0.4 is 10.0 Å². The first-order chi connectivity index (χ1) is 12.1. The van der Waals surface area contributed by atoms with Crippen molar-refractivity contribution in [2.45, 2.75) is 11.1 Å². The molecule has 0 radical (unpaired) electrons. The first kappa shape index (κ1) is 14.9. The van der Waals surface area contributed by atoms with Crippen molar-refractivity contribution in [2.75, 3.05) is 5.32 Å². The van der Waals surface area contributed by atoms with Gasteiger partial charge < -0.3 is 5.32 Å². The number of hydrogen-bond donors (Lipinski definition) is 2. The number of hydrogen-bond acceptors (Lipinski definition) is 4. The van der Waals surface area contributed by atoms with Gasteiger partial charge >= 0.3 is 0 Å². The number of nitrogens with one attached hydrogen (secondary N) is 2. The van der Waals surface area contributed by atoms with E-state index in [1.807, 2.05) is 48.5 Å². The summed E-state index contributed by atoms with van der Waals surface area (Å²) in [5.74, 6) is 0. The lowest BCUT2D eigenvalue weighted by molar-refractivity contribution is 0.563. The van der Waals surface area contributed by atoms with Crippen LogP contribution in [0.25, 0.3) is 20.2 Å². The van der Waals surface area contributed by atoms with Gasteiger partial charge in [-0.3, -0.25) is 0 Å². The third kappa shape index (κ3) is 2.26. The fourth-order valence-electron chi connectivity index (χ4n) is 3.32. The quantitative estimate of drug-likeness (QED) is 0.523. The van der Waals surface area contributed by atoms with Gasteiger partial charge in [0.1, 0.15) is 11.1 Å². The minimum atomic E-state index is -3.57. The van der Waals surface area contributed by atoms with Crippen LogP contribution in [0, 0.1) is 0 Å². The first-order valence-corrected chi connectivity index (χ1v) is 10.2. The zero-order valence-corrected chi connectivity index (χ0v) is 14.7. The van der Waals surface area contributed by atoms with Gasteiger partial charge in [-0.05, 0) is 17.7 Å². The van der Waals surface area contributed by atoms with E-state index in [9.17, 15) is 8.42 Å². The predicted octanol–water partition coefficient (Wildman–Crippen LogP) is 4.46. The molecule has 0 bridgehead atoms. The van der Waals surface area contributed by atoms with Crippen LogP contribution in [-0.2, 0) is 10.0 Å². The van der Waals surface area contributed by atoms with Crippen molar-refractivity contribution in [1.29, 1.82) is 0 Å². The van der Waals surface area contributed by atoms with Gasteiger partial charge in [-0.2, -0.15) is 4.72 Å².